The molecule has 2 aromatic carbocycles. The van der Waals surface area contributed by atoms with Crippen molar-refractivity contribution in [3.05, 3.63) is 65.7 Å². The zero-order chi connectivity index (χ0) is 21.7. The number of carbonyl (C=O) groups is 2. The van der Waals surface area contributed by atoms with Crippen molar-refractivity contribution in [2.24, 2.45) is 0 Å². The van der Waals surface area contributed by atoms with E-state index in [1.165, 1.54) is 12.1 Å². The summed E-state index contributed by atoms with van der Waals surface area (Å²) in [6, 6.07) is 14.2. The second kappa shape index (κ2) is 9.09. The lowest BCUT2D eigenvalue weighted by atomic mass is 10.0. The summed E-state index contributed by atoms with van der Waals surface area (Å²) in [5, 5.41) is 2.64. The molecule has 156 valence electrons. The molecule has 0 aliphatic carbocycles. The fourth-order valence-electron chi connectivity index (χ4n) is 2.54. The van der Waals surface area contributed by atoms with E-state index in [0.29, 0.717) is 5.56 Å². The largest absolute Gasteiger partial charge is 0.444 e. The van der Waals surface area contributed by atoms with Gasteiger partial charge in [0.25, 0.3) is 10.0 Å². The third-order valence-electron chi connectivity index (χ3n) is 3.86. The lowest BCUT2D eigenvalue weighted by Crippen LogP contribution is -2.38. The first-order chi connectivity index (χ1) is 13.5. The van der Waals surface area contributed by atoms with Crippen molar-refractivity contribution in [3.8, 4) is 0 Å². The molecule has 0 aliphatic heterocycles. The minimum atomic E-state index is -4.00. The van der Waals surface area contributed by atoms with Crippen molar-refractivity contribution >= 4 is 22.0 Å². The molecule has 0 heterocycles. The second-order valence-electron chi connectivity index (χ2n) is 7.66. The van der Waals surface area contributed by atoms with Gasteiger partial charge in [-0.1, -0.05) is 48.0 Å². The fourth-order valence-corrected chi connectivity index (χ4v) is 3.54. The Morgan fingerprint density at radius 3 is 2.14 bits per heavy atom. The van der Waals surface area contributed by atoms with E-state index < -0.39 is 33.7 Å². The molecule has 29 heavy (non-hydrogen) atoms. The number of carbonyl (C=O) groups excluding carboxylic acids is 2. The summed E-state index contributed by atoms with van der Waals surface area (Å²) in [5.41, 5.74) is 0.852. The summed E-state index contributed by atoms with van der Waals surface area (Å²) >= 11 is 0. The number of ether oxygens (including phenoxy) is 1. The van der Waals surface area contributed by atoms with Crippen molar-refractivity contribution in [1.82, 2.24) is 10.0 Å². The Labute approximate surface area is 171 Å². The number of benzene rings is 2. The average molecular weight is 419 g/mol. The van der Waals surface area contributed by atoms with E-state index >= 15 is 0 Å². The predicted molar refractivity (Wildman–Crippen MR) is 110 cm³/mol. The highest BCUT2D eigenvalue weighted by Crippen LogP contribution is 2.19. The van der Waals surface area contributed by atoms with Crippen LogP contribution in [0.5, 0.6) is 0 Å². The van der Waals surface area contributed by atoms with Gasteiger partial charge in [0.1, 0.15) is 5.60 Å². The van der Waals surface area contributed by atoms with Gasteiger partial charge in [-0.25, -0.2) is 17.9 Å². The molecule has 0 radical (unpaired) electrons. The van der Waals surface area contributed by atoms with Crippen LogP contribution >= 0.6 is 0 Å². The Morgan fingerprint density at radius 1 is 1.00 bits per heavy atom. The van der Waals surface area contributed by atoms with Gasteiger partial charge in [-0.2, -0.15) is 0 Å². The normalized spacial score (nSPS) is 12.7. The molecular formula is C21H26N2O5S. The van der Waals surface area contributed by atoms with E-state index in [1.807, 2.05) is 6.92 Å². The average Bonchev–Trinajstić information content (AvgIpc) is 2.60. The molecular weight excluding hydrogens is 392 g/mol. The highest BCUT2D eigenvalue weighted by Gasteiger charge is 2.25. The van der Waals surface area contributed by atoms with E-state index in [0.717, 1.165) is 5.56 Å². The first-order valence-electron chi connectivity index (χ1n) is 9.13. The van der Waals surface area contributed by atoms with Gasteiger partial charge in [0.2, 0.25) is 5.91 Å². The molecule has 0 saturated heterocycles. The molecule has 8 heteroatoms. The maximum absolute atomic E-state index is 12.5. The van der Waals surface area contributed by atoms with Gasteiger partial charge >= 0.3 is 6.09 Å². The van der Waals surface area contributed by atoms with Crippen molar-refractivity contribution in [1.29, 1.82) is 0 Å². The number of aryl methyl sites for hydroxylation is 1. The van der Waals surface area contributed by atoms with Crippen LogP contribution in [-0.2, 0) is 19.6 Å². The number of sulfonamides is 1. The van der Waals surface area contributed by atoms with Gasteiger partial charge < -0.3 is 10.1 Å². The van der Waals surface area contributed by atoms with Gasteiger partial charge in [-0.05, 0) is 45.4 Å². The smallest absolute Gasteiger partial charge is 0.408 e. The molecule has 0 aliphatic rings. The van der Waals surface area contributed by atoms with Gasteiger partial charge in [-0.3, -0.25) is 4.79 Å². The molecule has 2 rings (SSSR count). The standard InChI is InChI=1S/C21H26N2O5S/c1-15-10-12-17(13-11-15)29(26,27)23-19(24)14-18(16-8-6-5-7-9-16)22-20(25)28-21(2,3)4/h5-13,18H,14H2,1-4H3,(H,22,25)(H,23,24). The molecule has 0 aromatic heterocycles. The maximum atomic E-state index is 12.5. The fraction of sp³-hybridized carbons (Fsp3) is 0.333. The Kier molecular flexibility index (Phi) is 7.02. The Bertz CT molecular complexity index is 949. The van der Waals surface area contributed by atoms with Gasteiger partial charge in [0.15, 0.2) is 0 Å². The van der Waals surface area contributed by atoms with Crippen LogP contribution in [0.1, 0.15) is 44.4 Å². The Morgan fingerprint density at radius 2 is 1.59 bits per heavy atom. The molecule has 0 spiro atoms. The number of alkyl carbamates (subject to hydrolysis) is 1. The highest BCUT2D eigenvalue weighted by atomic mass is 32.2. The molecule has 0 saturated carbocycles. The summed E-state index contributed by atoms with van der Waals surface area (Å²) in [7, 11) is -4.00. The van der Waals surface area contributed by atoms with Gasteiger partial charge in [0, 0.05) is 0 Å². The van der Waals surface area contributed by atoms with Crippen LogP contribution in [0.2, 0.25) is 0 Å². The van der Waals surface area contributed by atoms with Gasteiger partial charge in [-0.15, -0.1) is 0 Å². The predicted octanol–water partition coefficient (Wildman–Crippen LogP) is 3.46. The molecule has 0 fully saturated rings. The third-order valence-corrected chi connectivity index (χ3v) is 5.25. The number of hydrogen-bond acceptors (Lipinski definition) is 5. The van der Waals surface area contributed by atoms with Crippen molar-refractivity contribution in [3.63, 3.8) is 0 Å². The van der Waals surface area contributed by atoms with Crippen LogP contribution < -0.4 is 10.0 Å². The minimum Gasteiger partial charge on any atom is -0.444 e. The molecule has 0 bridgehead atoms. The summed E-state index contributed by atoms with van der Waals surface area (Å²) in [6.45, 7) is 7.02. The molecule has 1 unspecified atom stereocenters. The third kappa shape index (κ3) is 7.23. The minimum absolute atomic E-state index is 0.00666. The zero-order valence-electron chi connectivity index (χ0n) is 16.9. The van der Waals surface area contributed by atoms with Gasteiger partial charge in [0.05, 0.1) is 17.4 Å². The van der Waals surface area contributed by atoms with E-state index in [9.17, 15) is 18.0 Å². The molecule has 7 nitrogen and oxygen atoms in total. The van der Waals surface area contributed by atoms with Crippen LogP contribution in [0, 0.1) is 6.92 Å². The van der Waals surface area contributed by atoms with Crippen LogP contribution in [-0.4, -0.2) is 26.0 Å². The number of hydrogen-bond donors (Lipinski definition) is 2. The summed E-state index contributed by atoms with van der Waals surface area (Å²) in [5.74, 6) is -0.740. The van der Waals surface area contributed by atoms with Crippen molar-refractivity contribution in [2.45, 2.75) is 50.7 Å². The van der Waals surface area contributed by atoms with E-state index in [2.05, 4.69) is 10.0 Å². The van der Waals surface area contributed by atoms with Crippen LogP contribution in [0.15, 0.2) is 59.5 Å². The van der Waals surface area contributed by atoms with Crippen LogP contribution in [0.4, 0.5) is 4.79 Å². The molecule has 2 N–H and O–H groups in total. The SMILES string of the molecule is Cc1ccc(S(=O)(=O)NC(=O)CC(NC(=O)OC(C)(C)C)c2ccccc2)cc1. The molecule has 2 amide bonds. The maximum Gasteiger partial charge on any atom is 0.408 e. The zero-order valence-corrected chi connectivity index (χ0v) is 17.7. The van der Waals surface area contributed by atoms with Crippen LogP contribution in [0.3, 0.4) is 0 Å². The number of nitrogens with one attached hydrogen (secondary N) is 2. The molecule has 1 atom stereocenters. The topological polar surface area (TPSA) is 102 Å². The first kappa shape index (κ1) is 22.4. The van der Waals surface area contributed by atoms with Crippen LogP contribution in [0.25, 0.3) is 0 Å². The second-order valence-corrected chi connectivity index (χ2v) is 9.34. The lowest BCUT2D eigenvalue weighted by molar-refractivity contribution is -0.119. The number of rotatable bonds is 6. The summed E-state index contributed by atoms with van der Waals surface area (Å²) < 4.78 is 32.2. The van der Waals surface area contributed by atoms with Crippen molar-refractivity contribution < 1.29 is 22.7 Å². The Hall–Kier alpha value is -2.87. The van der Waals surface area contributed by atoms with E-state index in [4.69, 9.17) is 4.74 Å². The summed E-state index contributed by atoms with van der Waals surface area (Å²) in [6.07, 6.45) is -0.963. The summed E-state index contributed by atoms with van der Waals surface area (Å²) in [4.78, 5) is 24.6. The first-order valence-corrected chi connectivity index (χ1v) is 10.6. The lowest BCUT2D eigenvalue weighted by Gasteiger charge is -2.23. The number of amides is 2. The monoisotopic (exact) mass is 418 g/mol. The Balaban J connectivity index is 2.14. The molecule has 2 aromatic rings. The quantitative estimate of drug-likeness (QED) is 0.748. The van der Waals surface area contributed by atoms with E-state index in [-0.39, 0.29) is 11.3 Å². The van der Waals surface area contributed by atoms with Crippen molar-refractivity contribution in [2.75, 3.05) is 0 Å². The highest BCUT2D eigenvalue weighted by molar-refractivity contribution is 7.90. The van der Waals surface area contributed by atoms with E-state index in [1.54, 1.807) is 63.2 Å².